The van der Waals surface area contributed by atoms with Gasteiger partial charge in [-0.25, -0.2) is 5.43 Å². The molecule has 140 valence electrons. The van der Waals surface area contributed by atoms with Crippen LogP contribution in [0.15, 0.2) is 47.6 Å². The van der Waals surface area contributed by atoms with Crippen LogP contribution in [0.5, 0.6) is 0 Å². The molecule has 0 saturated carbocycles. The molecule has 0 heterocycles. The van der Waals surface area contributed by atoms with Crippen LogP contribution in [0.3, 0.4) is 0 Å². The molecule has 2 rings (SSSR count). The Kier molecular flexibility index (Phi) is 7.01. The third-order valence-electron chi connectivity index (χ3n) is 3.55. The zero-order chi connectivity index (χ0) is 19.8. The van der Waals surface area contributed by atoms with Crippen molar-refractivity contribution in [2.75, 3.05) is 5.32 Å². The van der Waals surface area contributed by atoms with Crippen LogP contribution in [0, 0.1) is 17.0 Å². The molecule has 0 aromatic heterocycles. The Morgan fingerprint density at radius 1 is 1.15 bits per heavy atom. The van der Waals surface area contributed by atoms with E-state index < -0.39 is 10.8 Å². The molecule has 0 aliphatic carbocycles. The van der Waals surface area contributed by atoms with Crippen LogP contribution in [0.2, 0.25) is 5.02 Å². The molecule has 8 nitrogen and oxygen atoms in total. The summed E-state index contributed by atoms with van der Waals surface area (Å²) in [5.41, 5.74) is 4.34. The van der Waals surface area contributed by atoms with Crippen molar-refractivity contribution in [3.8, 4) is 0 Å². The number of halogens is 1. The predicted octanol–water partition coefficient (Wildman–Crippen LogP) is 3.43. The molecular weight excluding hydrogens is 372 g/mol. The summed E-state index contributed by atoms with van der Waals surface area (Å²) >= 11 is 5.86. The Labute approximate surface area is 160 Å². The molecule has 0 bridgehead atoms. The fourth-order valence-corrected chi connectivity index (χ4v) is 2.35. The van der Waals surface area contributed by atoms with Crippen molar-refractivity contribution in [2.45, 2.75) is 19.8 Å². The molecule has 0 aliphatic rings. The second kappa shape index (κ2) is 9.44. The monoisotopic (exact) mass is 388 g/mol. The van der Waals surface area contributed by atoms with Gasteiger partial charge < -0.3 is 5.32 Å². The summed E-state index contributed by atoms with van der Waals surface area (Å²) in [7, 11) is 0. The van der Waals surface area contributed by atoms with Crippen LogP contribution >= 0.6 is 11.6 Å². The van der Waals surface area contributed by atoms with Crippen LogP contribution in [0.25, 0.3) is 0 Å². The van der Waals surface area contributed by atoms with E-state index in [4.69, 9.17) is 11.6 Å². The van der Waals surface area contributed by atoms with E-state index in [1.807, 2.05) is 6.92 Å². The number of non-ortho nitro benzene ring substituents is 1. The molecule has 2 amide bonds. The van der Waals surface area contributed by atoms with Gasteiger partial charge in [0.25, 0.3) is 5.69 Å². The normalized spacial score (nSPS) is 10.6. The highest BCUT2D eigenvalue weighted by atomic mass is 35.5. The number of carbonyl (C=O) groups excluding carboxylic acids is 2. The third kappa shape index (κ3) is 6.52. The molecular formula is C18H17ClN4O4. The number of anilines is 1. The maximum absolute atomic E-state index is 11.9. The maximum Gasteiger partial charge on any atom is 0.269 e. The maximum atomic E-state index is 11.9. The van der Waals surface area contributed by atoms with E-state index in [2.05, 4.69) is 15.8 Å². The summed E-state index contributed by atoms with van der Waals surface area (Å²) in [5.74, 6) is -0.717. The van der Waals surface area contributed by atoms with Crippen molar-refractivity contribution in [1.29, 1.82) is 0 Å². The fraction of sp³-hybridized carbons (Fsp3) is 0.167. The van der Waals surface area contributed by atoms with Gasteiger partial charge in [0.2, 0.25) is 11.8 Å². The Balaban J connectivity index is 1.76. The van der Waals surface area contributed by atoms with E-state index in [0.29, 0.717) is 16.3 Å². The van der Waals surface area contributed by atoms with Crippen LogP contribution < -0.4 is 10.7 Å². The Bertz CT molecular complexity index is 881. The molecule has 0 aliphatic heterocycles. The van der Waals surface area contributed by atoms with E-state index in [9.17, 15) is 19.7 Å². The van der Waals surface area contributed by atoms with Crippen molar-refractivity contribution in [2.24, 2.45) is 5.10 Å². The quantitative estimate of drug-likeness (QED) is 0.429. The Hall–Kier alpha value is -3.26. The lowest BCUT2D eigenvalue weighted by molar-refractivity contribution is -0.384. The standard InChI is InChI=1S/C18H17ClN4O4/c1-12-10-14(19)4-7-16(12)21-17(24)8-9-18(25)22-20-11-13-2-5-15(6-3-13)23(26)27/h2-7,10-11H,8-9H2,1H3,(H,21,24)(H,22,25). The predicted molar refractivity (Wildman–Crippen MR) is 103 cm³/mol. The van der Waals surface area contributed by atoms with Gasteiger partial charge in [-0.15, -0.1) is 0 Å². The number of nitro benzene ring substituents is 1. The first kappa shape index (κ1) is 20.1. The molecule has 0 spiro atoms. The van der Waals surface area contributed by atoms with Crippen molar-refractivity contribution in [3.05, 3.63) is 68.7 Å². The number of hydrazone groups is 1. The summed E-state index contributed by atoms with van der Waals surface area (Å²) in [5, 5.41) is 17.6. The summed E-state index contributed by atoms with van der Waals surface area (Å²) in [6, 6.07) is 10.8. The Morgan fingerprint density at radius 2 is 1.81 bits per heavy atom. The molecule has 0 radical (unpaired) electrons. The molecule has 0 saturated heterocycles. The highest BCUT2D eigenvalue weighted by Gasteiger charge is 2.08. The Morgan fingerprint density at radius 3 is 2.44 bits per heavy atom. The highest BCUT2D eigenvalue weighted by molar-refractivity contribution is 6.30. The number of nitro groups is 1. The smallest absolute Gasteiger partial charge is 0.269 e. The topological polar surface area (TPSA) is 114 Å². The molecule has 9 heteroatoms. The van der Waals surface area contributed by atoms with Crippen molar-refractivity contribution in [3.63, 3.8) is 0 Å². The number of nitrogens with zero attached hydrogens (tertiary/aromatic N) is 2. The number of amides is 2. The first-order chi connectivity index (χ1) is 12.8. The average molecular weight is 389 g/mol. The van der Waals surface area contributed by atoms with Gasteiger partial charge in [-0.1, -0.05) is 11.6 Å². The van der Waals surface area contributed by atoms with Crippen LogP contribution in [-0.4, -0.2) is 23.0 Å². The lowest BCUT2D eigenvalue weighted by Crippen LogP contribution is -2.20. The summed E-state index contributed by atoms with van der Waals surface area (Å²) in [6.07, 6.45) is 1.33. The number of aryl methyl sites for hydroxylation is 1. The lowest BCUT2D eigenvalue weighted by atomic mass is 10.2. The number of nitrogens with one attached hydrogen (secondary N) is 2. The van der Waals surface area contributed by atoms with Crippen LogP contribution in [0.1, 0.15) is 24.0 Å². The zero-order valence-electron chi connectivity index (χ0n) is 14.4. The van der Waals surface area contributed by atoms with Crippen molar-refractivity contribution >= 4 is 41.0 Å². The van der Waals surface area contributed by atoms with E-state index in [-0.39, 0.29) is 24.4 Å². The summed E-state index contributed by atoms with van der Waals surface area (Å²) < 4.78 is 0. The van der Waals surface area contributed by atoms with Gasteiger partial charge in [0.05, 0.1) is 11.1 Å². The van der Waals surface area contributed by atoms with Crippen molar-refractivity contribution in [1.82, 2.24) is 5.43 Å². The van der Waals surface area contributed by atoms with E-state index in [1.165, 1.54) is 30.5 Å². The van der Waals surface area contributed by atoms with Gasteiger partial charge in [-0.2, -0.15) is 5.10 Å². The molecule has 27 heavy (non-hydrogen) atoms. The molecule has 0 unspecified atom stereocenters. The third-order valence-corrected chi connectivity index (χ3v) is 3.78. The van der Waals surface area contributed by atoms with Crippen LogP contribution in [0.4, 0.5) is 11.4 Å². The molecule has 0 atom stereocenters. The fourth-order valence-electron chi connectivity index (χ4n) is 2.12. The van der Waals surface area contributed by atoms with Gasteiger partial charge in [0.1, 0.15) is 0 Å². The summed E-state index contributed by atoms with van der Waals surface area (Å²) in [4.78, 5) is 33.7. The molecule has 2 aromatic carbocycles. The van der Waals surface area contributed by atoms with Gasteiger partial charge in [0, 0.05) is 35.7 Å². The van der Waals surface area contributed by atoms with E-state index in [1.54, 1.807) is 18.2 Å². The zero-order valence-corrected chi connectivity index (χ0v) is 15.2. The minimum atomic E-state index is -0.501. The van der Waals surface area contributed by atoms with Gasteiger partial charge >= 0.3 is 0 Å². The highest BCUT2D eigenvalue weighted by Crippen LogP contribution is 2.19. The average Bonchev–Trinajstić information content (AvgIpc) is 2.63. The van der Waals surface area contributed by atoms with Gasteiger partial charge in [0.15, 0.2) is 0 Å². The lowest BCUT2D eigenvalue weighted by Gasteiger charge is -2.08. The number of rotatable bonds is 7. The largest absolute Gasteiger partial charge is 0.326 e. The first-order valence-electron chi connectivity index (χ1n) is 7.97. The minimum Gasteiger partial charge on any atom is -0.326 e. The minimum absolute atomic E-state index is 0.000944. The van der Waals surface area contributed by atoms with Crippen LogP contribution in [-0.2, 0) is 9.59 Å². The number of carbonyl (C=O) groups is 2. The SMILES string of the molecule is Cc1cc(Cl)ccc1NC(=O)CCC(=O)NN=Cc1ccc([N+](=O)[O-])cc1. The number of hydrogen-bond donors (Lipinski definition) is 2. The van der Waals surface area contributed by atoms with E-state index >= 15 is 0 Å². The number of benzene rings is 2. The van der Waals surface area contributed by atoms with Gasteiger partial charge in [-0.05, 0) is 48.4 Å². The van der Waals surface area contributed by atoms with E-state index in [0.717, 1.165) is 5.56 Å². The van der Waals surface area contributed by atoms with Gasteiger partial charge in [-0.3, -0.25) is 19.7 Å². The molecule has 0 fully saturated rings. The number of hydrogen-bond acceptors (Lipinski definition) is 5. The van der Waals surface area contributed by atoms with Crippen molar-refractivity contribution < 1.29 is 14.5 Å². The molecule has 2 N–H and O–H groups in total. The second-order valence-corrected chi connectivity index (χ2v) is 6.09. The molecule has 2 aromatic rings. The second-order valence-electron chi connectivity index (χ2n) is 5.65. The summed E-state index contributed by atoms with van der Waals surface area (Å²) in [6.45, 7) is 1.82. The first-order valence-corrected chi connectivity index (χ1v) is 8.35.